The first-order chi connectivity index (χ1) is 6.76. The molecule has 14 heavy (non-hydrogen) atoms. The number of methoxy groups -OCH3 is 1. The van der Waals surface area contributed by atoms with E-state index in [2.05, 4.69) is 19.2 Å². The predicted octanol–water partition coefficient (Wildman–Crippen LogP) is 1.57. The van der Waals surface area contributed by atoms with Crippen LogP contribution in [0, 0.1) is 0 Å². The molecule has 0 heterocycles. The molecule has 1 aliphatic rings. The fraction of sp³-hybridized carbons (Fsp3) is 1.00. The van der Waals surface area contributed by atoms with Crippen molar-refractivity contribution in [1.29, 1.82) is 0 Å². The Morgan fingerprint density at radius 2 is 2.21 bits per heavy atom. The second-order valence-electron chi connectivity index (χ2n) is 4.09. The minimum Gasteiger partial charge on any atom is -0.382 e. The number of rotatable bonds is 6. The summed E-state index contributed by atoms with van der Waals surface area (Å²) in [6.07, 6.45) is 4.25. The molecule has 3 nitrogen and oxygen atoms in total. The molecule has 0 radical (unpaired) electrons. The minimum absolute atomic E-state index is 0.227. The quantitative estimate of drug-likeness (QED) is 0.707. The Morgan fingerprint density at radius 3 is 2.86 bits per heavy atom. The molecule has 0 aromatic rings. The van der Waals surface area contributed by atoms with Gasteiger partial charge in [-0.15, -0.1) is 0 Å². The lowest BCUT2D eigenvalue weighted by molar-refractivity contribution is -0.0360. The van der Waals surface area contributed by atoms with Gasteiger partial charge in [-0.05, 0) is 32.7 Å². The van der Waals surface area contributed by atoms with Gasteiger partial charge in [-0.1, -0.05) is 6.92 Å². The van der Waals surface area contributed by atoms with Crippen LogP contribution in [0.25, 0.3) is 0 Å². The SMILES string of the molecule is CCNC1CCC(OC(C)COC)C1. The van der Waals surface area contributed by atoms with E-state index in [4.69, 9.17) is 9.47 Å². The third kappa shape index (κ3) is 3.95. The molecule has 0 bridgehead atoms. The van der Waals surface area contributed by atoms with Crippen LogP contribution in [-0.4, -0.2) is 38.5 Å². The largest absolute Gasteiger partial charge is 0.382 e. The molecule has 0 aliphatic heterocycles. The standard InChI is InChI=1S/C11H23NO2/c1-4-12-10-5-6-11(7-10)14-9(2)8-13-3/h9-12H,4-8H2,1-3H3. The van der Waals surface area contributed by atoms with Crippen LogP contribution in [0.15, 0.2) is 0 Å². The highest BCUT2D eigenvalue weighted by molar-refractivity contribution is 4.81. The molecule has 1 fully saturated rings. The maximum Gasteiger partial charge on any atom is 0.0784 e. The predicted molar refractivity (Wildman–Crippen MR) is 57.5 cm³/mol. The average molecular weight is 201 g/mol. The highest BCUT2D eigenvalue weighted by Crippen LogP contribution is 2.23. The van der Waals surface area contributed by atoms with Gasteiger partial charge < -0.3 is 14.8 Å². The highest BCUT2D eigenvalue weighted by Gasteiger charge is 2.25. The van der Waals surface area contributed by atoms with E-state index in [9.17, 15) is 0 Å². The number of ether oxygens (including phenoxy) is 2. The van der Waals surface area contributed by atoms with E-state index in [1.165, 1.54) is 12.8 Å². The van der Waals surface area contributed by atoms with Crippen LogP contribution in [0.2, 0.25) is 0 Å². The Balaban J connectivity index is 2.15. The van der Waals surface area contributed by atoms with E-state index >= 15 is 0 Å². The molecular weight excluding hydrogens is 178 g/mol. The van der Waals surface area contributed by atoms with E-state index in [1.54, 1.807) is 7.11 Å². The second-order valence-corrected chi connectivity index (χ2v) is 4.09. The third-order valence-corrected chi connectivity index (χ3v) is 2.70. The topological polar surface area (TPSA) is 30.5 Å². The summed E-state index contributed by atoms with van der Waals surface area (Å²) >= 11 is 0. The summed E-state index contributed by atoms with van der Waals surface area (Å²) in [5.41, 5.74) is 0. The van der Waals surface area contributed by atoms with E-state index in [1.807, 2.05) is 0 Å². The van der Waals surface area contributed by atoms with Crippen molar-refractivity contribution in [2.75, 3.05) is 20.3 Å². The highest BCUT2D eigenvalue weighted by atomic mass is 16.5. The summed E-state index contributed by atoms with van der Waals surface area (Å²) in [6, 6.07) is 0.666. The van der Waals surface area contributed by atoms with Crippen molar-refractivity contribution in [2.45, 2.75) is 51.4 Å². The second kappa shape index (κ2) is 6.38. The van der Waals surface area contributed by atoms with Crippen molar-refractivity contribution in [3.05, 3.63) is 0 Å². The van der Waals surface area contributed by atoms with E-state index in [0.29, 0.717) is 18.8 Å². The fourth-order valence-corrected chi connectivity index (χ4v) is 2.14. The normalized spacial score (nSPS) is 29.4. The molecule has 0 aromatic carbocycles. The monoisotopic (exact) mass is 201 g/mol. The molecule has 84 valence electrons. The Bertz CT molecular complexity index is 152. The molecule has 1 rings (SSSR count). The van der Waals surface area contributed by atoms with Crippen molar-refractivity contribution in [3.8, 4) is 0 Å². The van der Waals surface area contributed by atoms with Crippen molar-refractivity contribution in [2.24, 2.45) is 0 Å². The van der Waals surface area contributed by atoms with Crippen LogP contribution >= 0.6 is 0 Å². The van der Waals surface area contributed by atoms with Gasteiger partial charge in [0.25, 0.3) is 0 Å². The van der Waals surface area contributed by atoms with Gasteiger partial charge in [-0.3, -0.25) is 0 Å². The first kappa shape index (κ1) is 12.0. The van der Waals surface area contributed by atoms with Gasteiger partial charge in [0.15, 0.2) is 0 Å². The number of hydrogen-bond acceptors (Lipinski definition) is 3. The Labute approximate surface area is 87.2 Å². The molecule has 1 aliphatic carbocycles. The Morgan fingerprint density at radius 1 is 1.43 bits per heavy atom. The van der Waals surface area contributed by atoms with Gasteiger partial charge in [-0.2, -0.15) is 0 Å². The minimum atomic E-state index is 0.227. The summed E-state index contributed by atoms with van der Waals surface area (Å²) in [5, 5.41) is 3.47. The van der Waals surface area contributed by atoms with Gasteiger partial charge in [0.05, 0.1) is 18.8 Å². The molecule has 0 saturated heterocycles. The molecule has 1 saturated carbocycles. The van der Waals surface area contributed by atoms with Gasteiger partial charge in [0.1, 0.15) is 0 Å². The molecule has 3 heteroatoms. The van der Waals surface area contributed by atoms with Crippen LogP contribution < -0.4 is 5.32 Å². The van der Waals surface area contributed by atoms with Crippen molar-refractivity contribution >= 4 is 0 Å². The van der Waals surface area contributed by atoms with E-state index in [0.717, 1.165) is 13.0 Å². The van der Waals surface area contributed by atoms with Crippen molar-refractivity contribution < 1.29 is 9.47 Å². The summed E-state index contributed by atoms with van der Waals surface area (Å²) < 4.78 is 10.9. The smallest absolute Gasteiger partial charge is 0.0784 e. The lowest BCUT2D eigenvalue weighted by Crippen LogP contribution is -2.28. The van der Waals surface area contributed by atoms with Gasteiger partial charge >= 0.3 is 0 Å². The zero-order chi connectivity index (χ0) is 10.4. The van der Waals surface area contributed by atoms with Crippen molar-refractivity contribution in [3.63, 3.8) is 0 Å². The van der Waals surface area contributed by atoms with Gasteiger partial charge in [0.2, 0.25) is 0 Å². The summed E-state index contributed by atoms with van der Waals surface area (Å²) in [7, 11) is 1.72. The Hall–Kier alpha value is -0.120. The maximum absolute atomic E-state index is 5.86. The van der Waals surface area contributed by atoms with E-state index in [-0.39, 0.29) is 6.10 Å². The number of hydrogen-bond donors (Lipinski definition) is 1. The average Bonchev–Trinajstić information content (AvgIpc) is 2.53. The fourth-order valence-electron chi connectivity index (χ4n) is 2.14. The first-order valence-electron chi connectivity index (χ1n) is 5.64. The van der Waals surface area contributed by atoms with Gasteiger partial charge in [0, 0.05) is 13.2 Å². The molecule has 3 atom stereocenters. The summed E-state index contributed by atoms with van der Waals surface area (Å²) in [6.45, 7) is 5.99. The Kier molecular flexibility index (Phi) is 5.45. The van der Waals surface area contributed by atoms with Crippen molar-refractivity contribution in [1.82, 2.24) is 5.32 Å². The van der Waals surface area contributed by atoms with Crippen LogP contribution in [0.1, 0.15) is 33.1 Å². The number of nitrogens with one attached hydrogen (secondary N) is 1. The molecule has 1 N–H and O–H groups in total. The lowest BCUT2D eigenvalue weighted by Gasteiger charge is -2.18. The summed E-state index contributed by atoms with van der Waals surface area (Å²) in [4.78, 5) is 0. The zero-order valence-corrected chi connectivity index (χ0v) is 9.58. The van der Waals surface area contributed by atoms with Crippen LogP contribution in [-0.2, 0) is 9.47 Å². The van der Waals surface area contributed by atoms with Crippen LogP contribution in [0.5, 0.6) is 0 Å². The molecule has 0 spiro atoms. The molecule has 3 unspecified atom stereocenters. The van der Waals surface area contributed by atoms with Crippen LogP contribution in [0.4, 0.5) is 0 Å². The zero-order valence-electron chi connectivity index (χ0n) is 9.58. The third-order valence-electron chi connectivity index (χ3n) is 2.70. The maximum atomic E-state index is 5.86. The molecular formula is C11H23NO2. The van der Waals surface area contributed by atoms with E-state index < -0.39 is 0 Å². The van der Waals surface area contributed by atoms with Gasteiger partial charge in [-0.25, -0.2) is 0 Å². The summed E-state index contributed by atoms with van der Waals surface area (Å²) in [5.74, 6) is 0. The van der Waals surface area contributed by atoms with Crippen LogP contribution in [0.3, 0.4) is 0 Å². The molecule has 0 amide bonds. The first-order valence-corrected chi connectivity index (χ1v) is 5.64. The molecule has 0 aromatic heterocycles. The lowest BCUT2D eigenvalue weighted by atomic mass is 10.2.